The van der Waals surface area contributed by atoms with E-state index in [1.807, 2.05) is 31.2 Å². The first-order valence-electron chi connectivity index (χ1n) is 5.21. The van der Waals surface area contributed by atoms with Gasteiger partial charge in [-0.05, 0) is 12.5 Å². The van der Waals surface area contributed by atoms with E-state index in [0.717, 1.165) is 11.1 Å². The van der Waals surface area contributed by atoms with E-state index in [9.17, 15) is 9.59 Å². The van der Waals surface area contributed by atoms with E-state index < -0.39 is 11.2 Å². The van der Waals surface area contributed by atoms with Crippen LogP contribution >= 0.6 is 0 Å². The molecule has 0 bridgehead atoms. The zero-order chi connectivity index (χ0) is 12.4. The predicted molar refractivity (Wildman–Crippen MR) is 66.0 cm³/mol. The predicted octanol–water partition coefficient (Wildman–Crippen LogP) is 0.476. The van der Waals surface area contributed by atoms with Crippen molar-refractivity contribution in [1.29, 1.82) is 0 Å². The lowest BCUT2D eigenvalue weighted by Gasteiger charge is -2.06. The quantitative estimate of drug-likeness (QED) is 0.788. The Balaban J connectivity index is 2.40. The normalized spacial score (nSPS) is 10.4. The van der Waals surface area contributed by atoms with Gasteiger partial charge in [0.05, 0.1) is 6.54 Å². The molecule has 0 atom stereocenters. The van der Waals surface area contributed by atoms with Gasteiger partial charge in [-0.1, -0.05) is 29.8 Å². The number of aromatic nitrogens is 2. The summed E-state index contributed by atoms with van der Waals surface area (Å²) in [6.45, 7) is 2.37. The minimum Gasteiger partial charge on any atom is -0.393 e. The topological polar surface area (TPSA) is 80.9 Å². The van der Waals surface area contributed by atoms with Crippen LogP contribution in [0.2, 0.25) is 0 Å². The smallest absolute Gasteiger partial charge is 0.328 e. The van der Waals surface area contributed by atoms with Crippen LogP contribution in [-0.4, -0.2) is 9.55 Å². The molecule has 0 fully saturated rings. The fourth-order valence-electron chi connectivity index (χ4n) is 1.65. The first kappa shape index (κ1) is 11.2. The summed E-state index contributed by atoms with van der Waals surface area (Å²) >= 11 is 0. The zero-order valence-corrected chi connectivity index (χ0v) is 9.43. The summed E-state index contributed by atoms with van der Waals surface area (Å²) in [4.78, 5) is 24.8. The Hall–Kier alpha value is -2.30. The van der Waals surface area contributed by atoms with Crippen LogP contribution in [0.3, 0.4) is 0 Å². The summed E-state index contributed by atoms with van der Waals surface area (Å²) < 4.78 is 1.38. The van der Waals surface area contributed by atoms with Gasteiger partial charge in [0.25, 0.3) is 5.56 Å². The van der Waals surface area contributed by atoms with Crippen LogP contribution in [0.25, 0.3) is 0 Å². The van der Waals surface area contributed by atoms with Crippen molar-refractivity contribution in [2.24, 2.45) is 0 Å². The monoisotopic (exact) mass is 231 g/mol. The molecule has 1 heterocycles. The van der Waals surface area contributed by atoms with E-state index in [-0.39, 0.29) is 5.69 Å². The molecule has 0 aliphatic carbocycles. The van der Waals surface area contributed by atoms with E-state index in [2.05, 4.69) is 4.98 Å². The van der Waals surface area contributed by atoms with Gasteiger partial charge in [-0.3, -0.25) is 14.3 Å². The molecule has 0 saturated heterocycles. The number of aryl methyl sites for hydroxylation is 1. The molecule has 88 valence electrons. The molecule has 0 unspecified atom stereocenters. The van der Waals surface area contributed by atoms with Gasteiger partial charge in [0.15, 0.2) is 0 Å². The van der Waals surface area contributed by atoms with Crippen molar-refractivity contribution in [2.45, 2.75) is 13.5 Å². The third kappa shape index (κ3) is 2.44. The molecule has 1 aromatic heterocycles. The number of nitrogen functional groups attached to an aromatic ring is 1. The molecule has 0 radical (unpaired) electrons. The van der Waals surface area contributed by atoms with Crippen molar-refractivity contribution in [3.8, 4) is 0 Å². The van der Waals surface area contributed by atoms with Crippen molar-refractivity contribution >= 4 is 5.69 Å². The van der Waals surface area contributed by atoms with Crippen molar-refractivity contribution in [1.82, 2.24) is 9.55 Å². The fraction of sp³-hybridized carbons (Fsp3) is 0.167. The van der Waals surface area contributed by atoms with Gasteiger partial charge < -0.3 is 5.73 Å². The maximum atomic E-state index is 11.5. The van der Waals surface area contributed by atoms with Gasteiger partial charge >= 0.3 is 5.69 Å². The number of hydrogen-bond acceptors (Lipinski definition) is 3. The molecule has 0 aliphatic rings. The zero-order valence-electron chi connectivity index (χ0n) is 9.43. The summed E-state index contributed by atoms with van der Waals surface area (Å²) in [6, 6.07) is 7.80. The number of nitrogens with two attached hydrogens (primary N) is 1. The third-order valence-corrected chi connectivity index (χ3v) is 2.47. The second-order valence-corrected chi connectivity index (χ2v) is 3.96. The summed E-state index contributed by atoms with van der Waals surface area (Å²) in [5, 5.41) is 0. The molecule has 5 heteroatoms. The van der Waals surface area contributed by atoms with Gasteiger partial charge in [-0.2, -0.15) is 0 Å². The Labute approximate surface area is 97.5 Å². The molecule has 5 nitrogen and oxygen atoms in total. The van der Waals surface area contributed by atoms with Crippen molar-refractivity contribution in [3.63, 3.8) is 0 Å². The maximum Gasteiger partial charge on any atom is 0.328 e. The van der Waals surface area contributed by atoms with Gasteiger partial charge in [-0.25, -0.2) is 4.79 Å². The van der Waals surface area contributed by atoms with Crippen LogP contribution in [0.4, 0.5) is 5.69 Å². The first-order chi connectivity index (χ1) is 8.06. The SMILES string of the molecule is Cc1cccc(Cn2cc(N)c(=O)[nH]c2=O)c1. The van der Waals surface area contributed by atoms with Crippen molar-refractivity contribution in [3.05, 3.63) is 62.4 Å². The number of rotatable bonds is 2. The molecule has 3 N–H and O–H groups in total. The van der Waals surface area contributed by atoms with Crippen LogP contribution in [-0.2, 0) is 6.54 Å². The Bertz CT molecular complexity index is 655. The molecule has 0 aliphatic heterocycles. The average Bonchev–Trinajstić information content (AvgIpc) is 2.26. The Morgan fingerprint density at radius 2 is 2.12 bits per heavy atom. The summed E-state index contributed by atoms with van der Waals surface area (Å²) in [5.41, 5.74) is 6.61. The van der Waals surface area contributed by atoms with E-state index in [1.165, 1.54) is 10.8 Å². The highest BCUT2D eigenvalue weighted by atomic mass is 16.2. The summed E-state index contributed by atoms with van der Waals surface area (Å²) in [6.07, 6.45) is 1.36. The number of anilines is 1. The molecule has 1 aromatic carbocycles. The van der Waals surface area contributed by atoms with E-state index in [4.69, 9.17) is 5.73 Å². The largest absolute Gasteiger partial charge is 0.393 e. The number of H-pyrrole nitrogens is 1. The number of nitrogens with one attached hydrogen (secondary N) is 1. The highest BCUT2D eigenvalue weighted by molar-refractivity contribution is 5.31. The van der Waals surface area contributed by atoms with Crippen molar-refractivity contribution < 1.29 is 0 Å². The Morgan fingerprint density at radius 1 is 1.35 bits per heavy atom. The Kier molecular flexibility index (Phi) is 2.82. The van der Waals surface area contributed by atoms with Crippen LogP contribution in [0.1, 0.15) is 11.1 Å². The lowest BCUT2D eigenvalue weighted by Crippen LogP contribution is -2.31. The number of aromatic amines is 1. The molecule has 0 amide bonds. The van der Waals surface area contributed by atoms with Gasteiger partial charge in [0.2, 0.25) is 0 Å². The first-order valence-corrected chi connectivity index (χ1v) is 5.21. The van der Waals surface area contributed by atoms with Gasteiger partial charge in [0, 0.05) is 6.20 Å². The fourth-order valence-corrected chi connectivity index (χ4v) is 1.65. The molecular weight excluding hydrogens is 218 g/mol. The molecular formula is C12H13N3O2. The lowest BCUT2D eigenvalue weighted by molar-refractivity contribution is 0.723. The second kappa shape index (κ2) is 4.29. The summed E-state index contributed by atoms with van der Waals surface area (Å²) in [7, 11) is 0. The van der Waals surface area contributed by atoms with Crippen LogP contribution in [0, 0.1) is 6.92 Å². The highest BCUT2D eigenvalue weighted by Gasteiger charge is 2.02. The standard InChI is InChI=1S/C12H13N3O2/c1-8-3-2-4-9(5-8)6-15-7-10(13)11(16)14-12(15)17/h2-5,7H,6,13H2,1H3,(H,14,16,17). The number of nitrogens with zero attached hydrogens (tertiary/aromatic N) is 1. The lowest BCUT2D eigenvalue weighted by atomic mass is 10.1. The molecule has 17 heavy (non-hydrogen) atoms. The van der Waals surface area contributed by atoms with E-state index >= 15 is 0 Å². The minimum atomic E-state index is -0.546. The molecule has 2 rings (SSSR count). The van der Waals surface area contributed by atoms with Crippen LogP contribution < -0.4 is 17.0 Å². The molecule has 0 spiro atoms. The molecule has 2 aromatic rings. The minimum absolute atomic E-state index is 0.0391. The van der Waals surface area contributed by atoms with Gasteiger partial charge in [-0.15, -0.1) is 0 Å². The van der Waals surface area contributed by atoms with Crippen LogP contribution in [0.5, 0.6) is 0 Å². The van der Waals surface area contributed by atoms with E-state index in [0.29, 0.717) is 6.54 Å². The van der Waals surface area contributed by atoms with Gasteiger partial charge in [0.1, 0.15) is 5.69 Å². The van der Waals surface area contributed by atoms with Crippen molar-refractivity contribution in [2.75, 3.05) is 5.73 Å². The number of hydrogen-bond donors (Lipinski definition) is 2. The second-order valence-electron chi connectivity index (χ2n) is 3.96. The van der Waals surface area contributed by atoms with Crippen LogP contribution in [0.15, 0.2) is 40.1 Å². The highest BCUT2D eigenvalue weighted by Crippen LogP contribution is 2.05. The van der Waals surface area contributed by atoms with E-state index in [1.54, 1.807) is 0 Å². The molecule has 0 saturated carbocycles. The average molecular weight is 231 g/mol. The number of benzene rings is 1. The summed E-state index contributed by atoms with van der Waals surface area (Å²) in [5.74, 6) is 0. The maximum absolute atomic E-state index is 11.5. The third-order valence-electron chi connectivity index (χ3n) is 2.47. The Morgan fingerprint density at radius 3 is 2.82 bits per heavy atom.